The van der Waals surface area contributed by atoms with E-state index in [1.165, 1.54) is 0 Å². The zero-order chi connectivity index (χ0) is 10.4. The van der Waals surface area contributed by atoms with Crippen LogP contribution in [0.5, 0.6) is 0 Å². The van der Waals surface area contributed by atoms with Gasteiger partial charge in [0.25, 0.3) is 0 Å². The van der Waals surface area contributed by atoms with Gasteiger partial charge in [-0.3, -0.25) is 5.41 Å². The van der Waals surface area contributed by atoms with Crippen LogP contribution in [0, 0.1) is 5.41 Å². The molecule has 14 heavy (non-hydrogen) atoms. The minimum Gasteiger partial charge on any atom is -0.388 e. The maximum Gasteiger partial charge on any atom is 0.149 e. The van der Waals surface area contributed by atoms with E-state index in [9.17, 15) is 0 Å². The SMILES string of the molecule is CSc1nc(CSCCC(=N)N)cs1. The van der Waals surface area contributed by atoms with E-state index >= 15 is 0 Å². The Hall–Kier alpha value is -0.200. The summed E-state index contributed by atoms with van der Waals surface area (Å²) in [6.07, 6.45) is 2.70. The van der Waals surface area contributed by atoms with E-state index < -0.39 is 0 Å². The fraction of sp³-hybridized carbons (Fsp3) is 0.500. The Kier molecular flexibility index (Phi) is 5.36. The summed E-state index contributed by atoms with van der Waals surface area (Å²) < 4.78 is 1.12. The molecule has 0 aromatic carbocycles. The number of hydrogen-bond acceptors (Lipinski definition) is 5. The van der Waals surface area contributed by atoms with Crippen LogP contribution in [0.25, 0.3) is 0 Å². The van der Waals surface area contributed by atoms with Crippen LogP contribution in [-0.2, 0) is 5.75 Å². The number of thiazole rings is 1. The molecular formula is C8H13N3S3. The molecule has 0 saturated heterocycles. The number of amidine groups is 1. The van der Waals surface area contributed by atoms with Crippen LogP contribution in [0.1, 0.15) is 12.1 Å². The first-order chi connectivity index (χ1) is 6.72. The second-order valence-electron chi connectivity index (χ2n) is 2.64. The Labute approximate surface area is 96.4 Å². The fourth-order valence-corrected chi connectivity index (χ4v) is 3.06. The number of thioether (sulfide) groups is 2. The van der Waals surface area contributed by atoms with E-state index in [-0.39, 0.29) is 5.84 Å². The smallest absolute Gasteiger partial charge is 0.149 e. The van der Waals surface area contributed by atoms with E-state index in [1.807, 2.05) is 6.26 Å². The molecule has 3 nitrogen and oxygen atoms in total. The molecule has 3 N–H and O–H groups in total. The van der Waals surface area contributed by atoms with Crippen molar-refractivity contribution in [3.05, 3.63) is 11.1 Å². The number of aromatic nitrogens is 1. The average molecular weight is 247 g/mol. The zero-order valence-corrected chi connectivity index (χ0v) is 10.4. The molecule has 0 unspecified atom stereocenters. The highest BCUT2D eigenvalue weighted by molar-refractivity contribution is 8.00. The van der Waals surface area contributed by atoms with Crippen molar-refractivity contribution in [2.24, 2.45) is 5.73 Å². The third-order valence-electron chi connectivity index (χ3n) is 1.47. The lowest BCUT2D eigenvalue weighted by molar-refractivity contribution is 1.14. The molecule has 0 aliphatic heterocycles. The second kappa shape index (κ2) is 6.31. The number of nitrogens with one attached hydrogen (secondary N) is 1. The molecule has 1 aromatic rings. The molecule has 0 fully saturated rings. The predicted octanol–water partition coefficient (Wildman–Crippen LogP) is 2.42. The van der Waals surface area contributed by atoms with Gasteiger partial charge in [-0.05, 0) is 6.26 Å². The summed E-state index contributed by atoms with van der Waals surface area (Å²) in [6.45, 7) is 0. The quantitative estimate of drug-likeness (QED) is 0.351. The van der Waals surface area contributed by atoms with Gasteiger partial charge < -0.3 is 5.73 Å². The van der Waals surface area contributed by atoms with Gasteiger partial charge in [0.05, 0.1) is 11.5 Å². The van der Waals surface area contributed by atoms with E-state index in [4.69, 9.17) is 11.1 Å². The molecule has 0 saturated carbocycles. The van der Waals surface area contributed by atoms with E-state index in [1.54, 1.807) is 34.9 Å². The van der Waals surface area contributed by atoms with Gasteiger partial charge in [0.2, 0.25) is 0 Å². The largest absolute Gasteiger partial charge is 0.388 e. The maximum atomic E-state index is 7.06. The van der Waals surface area contributed by atoms with Gasteiger partial charge in [-0.25, -0.2) is 4.98 Å². The predicted molar refractivity (Wildman–Crippen MR) is 66.6 cm³/mol. The first-order valence-corrected chi connectivity index (χ1v) is 7.37. The number of nitrogens with two attached hydrogens (primary N) is 1. The number of nitrogens with zero attached hydrogens (tertiary/aromatic N) is 1. The Morgan fingerprint density at radius 2 is 2.50 bits per heavy atom. The Bertz CT molecular complexity index is 298. The van der Waals surface area contributed by atoms with Crippen LogP contribution in [0.15, 0.2) is 9.72 Å². The topological polar surface area (TPSA) is 62.8 Å². The molecule has 0 atom stereocenters. The molecule has 0 spiro atoms. The summed E-state index contributed by atoms with van der Waals surface area (Å²) in [6, 6.07) is 0. The third kappa shape index (κ3) is 4.34. The Morgan fingerprint density at radius 1 is 1.71 bits per heavy atom. The molecule has 6 heteroatoms. The van der Waals surface area contributed by atoms with Crippen LogP contribution >= 0.6 is 34.9 Å². The van der Waals surface area contributed by atoms with E-state index in [2.05, 4.69) is 10.4 Å². The van der Waals surface area contributed by atoms with Gasteiger partial charge in [0.15, 0.2) is 0 Å². The normalized spacial score (nSPS) is 10.4. The van der Waals surface area contributed by atoms with Gasteiger partial charge >= 0.3 is 0 Å². The van der Waals surface area contributed by atoms with Crippen molar-refractivity contribution < 1.29 is 0 Å². The van der Waals surface area contributed by atoms with Crippen LogP contribution in [0.2, 0.25) is 0 Å². The first kappa shape index (κ1) is 11.9. The summed E-state index contributed by atoms with van der Waals surface area (Å²) in [5.74, 6) is 2.09. The van der Waals surface area contributed by atoms with Crippen molar-refractivity contribution in [1.82, 2.24) is 4.98 Å². The Morgan fingerprint density at radius 3 is 3.07 bits per heavy atom. The average Bonchev–Trinajstić information content (AvgIpc) is 2.60. The van der Waals surface area contributed by atoms with Gasteiger partial charge in [0.1, 0.15) is 4.34 Å². The lowest BCUT2D eigenvalue weighted by atomic mass is 10.5. The molecule has 0 aliphatic carbocycles. The molecule has 0 aliphatic rings. The highest BCUT2D eigenvalue weighted by Gasteiger charge is 2.00. The van der Waals surface area contributed by atoms with E-state index in [0.717, 1.165) is 21.5 Å². The summed E-state index contributed by atoms with van der Waals surface area (Å²) in [5.41, 5.74) is 6.38. The van der Waals surface area contributed by atoms with Crippen LogP contribution < -0.4 is 5.73 Å². The second-order valence-corrected chi connectivity index (χ2v) is 5.65. The molecular weight excluding hydrogens is 234 g/mol. The minimum absolute atomic E-state index is 0.264. The summed E-state index contributed by atoms with van der Waals surface area (Å²) in [5, 5.41) is 9.15. The van der Waals surface area contributed by atoms with Crippen LogP contribution in [0.3, 0.4) is 0 Å². The van der Waals surface area contributed by atoms with Crippen molar-refractivity contribution in [2.75, 3.05) is 12.0 Å². The molecule has 0 amide bonds. The highest BCUT2D eigenvalue weighted by Crippen LogP contribution is 2.22. The third-order valence-corrected chi connectivity index (χ3v) is 4.38. The number of hydrogen-bond donors (Lipinski definition) is 2. The lowest BCUT2D eigenvalue weighted by Gasteiger charge is -1.97. The van der Waals surface area contributed by atoms with Crippen molar-refractivity contribution in [3.8, 4) is 0 Å². The number of rotatable bonds is 6. The summed E-state index contributed by atoms with van der Waals surface area (Å²) in [7, 11) is 0. The van der Waals surface area contributed by atoms with Crippen LogP contribution in [0.4, 0.5) is 0 Å². The van der Waals surface area contributed by atoms with E-state index in [0.29, 0.717) is 6.42 Å². The highest BCUT2D eigenvalue weighted by atomic mass is 32.2. The Balaban J connectivity index is 2.21. The maximum absolute atomic E-state index is 7.06. The van der Waals surface area contributed by atoms with Crippen molar-refractivity contribution in [1.29, 1.82) is 5.41 Å². The molecule has 1 heterocycles. The van der Waals surface area contributed by atoms with Crippen molar-refractivity contribution >= 4 is 40.7 Å². The molecule has 1 aromatic heterocycles. The van der Waals surface area contributed by atoms with Crippen molar-refractivity contribution in [2.45, 2.75) is 16.5 Å². The lowest BCUT2D eigenvalue weighted by Crippen LogP contribution is -2.09. The van der Waals surface area contributed by atoms with Crippen LogP contribution in [-0.4, -0.2) is 22.8 Å². The minimum atomic E-state index is 0.264. The molecule has 0 bridgehead atoms. The molecule has 78 valence electrons. The first-order valence-electron chi connectivity index (χ1n) is 4.11. The van der Waals surface area contributed by atoms with Gasteiger partial charge in [-0.15, -0.1) is 11.3 Å². The standard InChI is InChI=1S/C8H13N3S3/c1-12-8-11-6(5-14-8)4-13-3-2-7(9)10/h5H,2-4H2,1H3,(H3,9,10). The molecule has 1 rings (SSSR count). The molecule has 0 radical (unpaired) electrons. The van der Waals surface area contributed by atoms with Gasteiger partial charge in [0, 0.05) is 23.3 Å². The monoisotopic (exact) mass is 247 g/mol. The summed E-state index contributed by atoms with van der Waals surface area (Å²) >= 11 is 5.14. The van der Waals surface area contributed by atoms with Gasteiger partial charge in [-0.2, -0.15) is 11.8 Å². The fourth-order valence-electron chi connectivity index (χ4n) is 0.807. The summed E-state index contributed by atoms with van der Waals surface area (Å²) in [4.78, 5) is 4.42. The van der Waals surface area contributed by atoms with Crippen molar-refractivity contribution in [3.63, 3.8) is 0 Å². The zero-order valence-electron chi connectivity index (χ0n) is 7.95. The van der Waals surface area contributed by atoms with Gasteiger partial charge in [-0.1, -0.05) is 11.8 Å².